The molecule has 2 saturated heterocycles. The predicted octanol–water partition coefficient (Wildman–Crippen LogP) is 1.43. The standard InChI is InChI=1S/C14H29N3O2S/c1-4-15-10-14-7-5-6-8-16(14)20(18,19)17-11-12(2)9-13(17)3/h12-15H,4-11H2,1-3H3. The Kier molecular flexibility index (Phi) is 5.45. The maximum atomic E-state index is 12.9. The molecule has 0 aromatic heterocycles. The van der Waals surface area contributed by atoms with Gasteiger partial charge in [-0.05, 0) is 38.6 Å². The van der Waals surface area contributed by atoms with E-state index in [1.54, 1.807) is 8.61 Å². The van der Waals surface area contributed by atoms with Crippen molar-refractivity contribution >= 4 is 10.2 Å². The molecule has 6 heteroatoms. The Bertz CT molecular complexity index is 413. The number of hydrogen-bond acceptors (Lipinski definition) is 3. The average Bonchev–Trinajstić information content (AvgIpc) is 2.76. The van der Waals surface area contributed by atoms with E-state index in [0.29, 0.717) is 19.0 Å². The van der Waals surface area contributed by atoms with Gasteiger partial charge in [0.25, 0.3) is 10.2 Å². The Morgan fingerprint density at radius 3 is 2.55 bits per heavy atom. The summed E-state index contributed by atoms with van der Waals surface area (Å²) in [6, 6.07) is 0.258. The minimum Gasteiger partial charge on any atom is -0.315 e. The van der Waals surface area contributed by atoms with Crippen molar-refractivity contribution in [1.82, 2.24) is 13.9 Å². The molecule has 1 N–H and O–H groups in total. The second-order valence-electron chi connectivity index (χ2n) is 6.34. The fourth-order valence-electron chi connectivity index (χ4n) is 3.51. The Balaban J connectivity index is 2.13. The fraction of sp³-hybridized carbons (Fsp3) is 1.00. The molecular formula is C14H29N3O2S. The summed E-state index contributed by atoms with van der Waals surface area (Å²) in [5, 5.41) is 3.31. The molecule has 3 unspecified atom stereocenters. The summed E-state index contributed by atoms with van der Waals surface area (Å²) < 4.78 is 29.4. The first-order valence-electron chi connectivity index (χ1n) is 7.96. The molecule has 0 aromatic rings. The quantitative estimate of drug-likeness (QED) is 0.836. The van der Waals surface area contributed by atoms with Gasteiger partial charge >= 0.3 is 0 Å². The third kappa shape index (κ3) is 3.35. The van der Waals surface area contributed by atoms with E-state index in [2.05, 4.69) is 19.2 Å². The summed E-state index contributed by atoms with van der Waals surface area (Å²) in [6.45, 7) is 9.24. The fourth-order valence-corrected chi connectivity index (χ4v) is 5.68. The Morgan fingerprint density at radius 2 is 1.95 bits per heavy atom. The van der Waals surface area contributed by atoms with E-state index >= 15 is 0 Å². The van der Waals surface area contributed by atoms with Crippen LogP contribution in [0, 0.1) is 5.92 Å². The van der Waals surface area contributed by atoms with Crippen molar-refractivity contribution in [2.24, 2.45) is 5.92 Å². The molecule has 0 bridgehead atoms. The molecule has 2 fully saturated rings. The van der Waals surface area contributed by atoms with Gasteiger partial charge in [0.2, 0.25) is 0 Å². The number of rotatable bonds is 5. The summed E-state index contributed by atoms with van der Waals surface area (Å²) in [5.41, 5.74) is 0. The molecule has 0 radical (unpaired) electrons. The molecule has 2 aliphatic heterocycles. The second-order valence-corrected chi connectivity index (χ2v) is 8.17. The first kappa shape index (κ1) is 16.2. The minimum atomic E-state index is -3.30. The van der Waals surface area contributed by atoms with Crippen LogP contribution in [0.25, 0.3) is 0 Å². The van der Waals surface area contributed by atoms with Crippen LogP contribution in [0.4, 0.5) is 0 Å². The number of likely N-dealkylation sites (N-methyl/N-ethyl adjacent to an activating group) is 1. The van der Waals surface area contributed by atoms with Crippen LogP contribution in [0.2, 0.25) is 0 Å². The van der Waals surface area contributed by atoms with E-state index in [1.165, 1.54) is 0 Å². The van der Waals surface area contributed by atoms with E-state index in [4.69, 9.17) is 0 Å². The van der Waals surface area contributed by atoms with Crippen LogP contribution in [-0.4, -0.2) is 55.3 Å². The smallest absolute Gasteiger partial charge is 0.282 e. The molecule has 3 atom stereocenters. The van der Waals surface area contributed by atoms with Gasteiger partial charge in [0, 0.05) is 31.7 Å². The van der Waals surface area contributed by atoms with E-state index in [0.717, 1.165) is 38.8 Å². The van der Waals surface area contributed by atoms with Crippen molar-refractivity contribution in [3.8, 4) is 0 Å². The molecule has 5 nitrogen and oxygen atoms in total. The monoisotopic (exact) mass is 303 g/mol. The number of hydrogen-bond donors (Lipinski definition) is 1. The lowest BCUT2D eigenvalue weighted by molar-refractivity contribution is 0.225. The highest BCUT2D eigenvalue weighted by molar-refractivity contribution is 7.86. The maximum Gasteiger partial charge on any atom is 0.282 e. The molecule has 2 heterocycles. The summed E-state index contributed by atoms with van der Waals surface area (Å²) in [4.78, 5) is 0. The van der Waals surface area contributed by atoms with E-state index in [9.17, 15) is 8.42 Å². The summed E-state index contributed by atoms with van der Waals surface area (Å²) >= 11 is 0. The van der Waals surface area contributed by atoms with Crippen LogP contribution < -0.4 is 5.32 Å². The zero-order chi connectivity index (χ0) is 14.8. The highest BCUT2D eigenvalue weighted by atomic mass is 32.2. The van der Waals surface area contributed by atoms with E-state index in [-0.39, 0.29) is 12.1 Å². The van der Waals surface area contributed by atoms with Crippen LogP contribution in [0.5, 0.6) is 0 Å². The van der Waals surface area contributed by atoms with Gasteiger partial charge in [-0.15, -0.1) is 0 Å². The number of piperidine rings is 1. The van der Waals surface area contributed by atoms with Crippen molar-refractivity contribution in [3.05, 3.63) is 0 Å². The van der Waals surface area contributed by atoms with Gasteiger partial charge in [-0.3, -0.25) is 0 Å². The first-order valence-corrected chi connectivity index (χ1v) is 9.35. The van der Waals surface area contributed by atoms with Crippen LogP contribution in [0.1, 0.15) is 46.5 Å². The number of nitrogens with one attached hydrogen (secondary N) is 1. The Hall–Kier alpha value is -0.170. The lowest BCUT2D eigenvalue weighted by atomic mass is 10.1. The molecule has 118 valence electrons. The topological polar surface area (TPSA) is 52.7 Å². The SMILES string of the molecule is CCNCC1CCCCN1S(=O)(=O)N1CC(C)CC1C. The minimum absolute atomic E-state index is 0.122. The Morgan fingerprint density at radius 1 is 1.20 bits per heavy atom. The van der Waals surface area contributed by atoms with Crippen molar-refractivity contribution in [2.45, 2.75) is 58.5 Å². The van der Waals surface area contributed by atoms with Gasteiger partial charge in [-0.2, -0.15) is 17.0 Å². The molecular weight excluding hydrogens is 274 g/mol. The van der Waals surface area contributed by atoms with Gasteiger partial charge in [0.05, 0.1) is 0 Å². The molecule has 0 aliphatic carbocycles. The number of nitrogens with zero attached hydrogens (tertiary/aromatic N) is 2. The van der Waals surface area contributed by atoms with Gasteiger partial charge in [-0.1, -0.05) is 20.3 Å². The van der Waals surface area contributed by atoms with Crippen molar-refractivity contribution in [2.75, 3.05) is 26.2 Å². The summed E-state index contributed by atoms with van der Waals surface area (Å²) in [5.74, 6) is 0.469. The van der Waals surface area contributed by atoms with Gasteiger partial charge in [0.1, 0.15) is 0 Å². The van der Waals surface area contributed by atoms with Crippen LogP contribution in [0.3, 0.4) is 0 Å². The molecule has 0 aromatic carbocycles. The van der Waals surface area contributed by atoms with Crippen LogP contribution in [0.15, 0.2) is 0 Å². The maximum absolute atomic E-state index is 12.9. The molecule has 2 rings (SSSR count). The lowest BCUT2D eigenvalue weighted by Gasteiger charge is -2.38. The third-order valence-electron chi connectivity index (χ3n) is 4.52. The Labute approximate surface area is 123 Å². The van der Waals surface area contributed by atoms with E-state index in [1.807, 2.05) is 6.92 Å². The van der Waals surface area contributed by atoms with Crippen LogP contribution >= 0.6 is 0 Å². The summed E-state index contributed by atoms with van der Waals surface area (Å²) in [6.07, 6.45) is 4.07. The van der Waals surface area contributed by atoms with Crippen molar-refractivity contribution in [1.29, 1.82) is 0 Å². The molecule has 20 heavy (non-hydrogen) atoms. The van der Waals surface area contributed by atoms with E-state index < -0.39 is 10.2 Å². The molecule has 2 aliphatic rings. The molecule has 0 saturated carbocycles. The highest BCUT2D eigenvalue weighted by Crippen LogP contribution is 2.30. The van der Waals surface area contributed by atoms with Gasteiger partial charge in [-0.25, -0.2) is 0 Å². The van der Waals surface area contributed by atoms with Crippen LogP contribution in [-0.2, 0) is 10.2 Å². The third-order valence-corrected chi connectivity index (χ3v) is 6.70. The zero-order valence-corrected chi connectivity index (χ0v) is 13.8. The van der Waals surface area contributed by atoms with Gasteiger partial charge in [0.15, 0.2) is 0 Å². The molecule has 0 amide bonds. The predicted molar refractivity (Wildman–Crippen MR) is 81.8 cm³/mol. The average molecular weight is 303 g/mol. The lowest BCUT2D eigenvalue weighted by Crippen LogP contribution is -2.54. The van der Waals surface area contributed by atoms with Gasteiger partial charge < -0.3 is 5.32 Å². The normalized spacial score (nSPS) is 33.6. The second kappa shape index (κ2) is 6.73. The van der Waals surface area contributed by atoms with Crippen molar-refractivity contribution in [3.63, 3.8) is 0 Å². The highest BCUT2D eigenvalue weighted by Gasteiger charge is 2.41. The zero-order valence-electron chi connectivity index (χ0n) is 13.0. The first-order chi connectivity index (χ1) is 9.46. The van der Waals surface area contributed by atoms with Crippen molar-refractivity contribution < 1.29 is 8.42 Å². The summed E-state index contributed by atoms with van der Waals surface area (Å²) in [7, 11) is -3.30. The largest absolute Gasteiger partial charge is 0.315 e. The molecule has 0 spiro atoms.